The SMILES string of the molecule is C1=CC2=C3C(=CCC2C=C1)C(c1cccc(C2C=Cc4ccc5c(c4C2)CCC=C5)c1)=C1C=CC=CC1C3c1ccc(C2=Cc3ccccc3CC2)cc1. The molecular weight excluding hydrogens is 649 g/mol. The van der Waals surface area contributed by atoms with Gasteiger partial charge in [0, 0.05) is 23.7 Å². The first-order valence-corrected chi connectivity index (χ1v) is 20.1. The largest absolute Gasteiger partial charge is 0.0836 e. The van der Waals surface area contributed by atoms with Crippen molar-refractivity contribution in [1.82, 2.24) is 0 Å². The molecule has 4 atom stereocenters. The predicted octanol–water partition coefficient (Wildman–Crippen LogP) is 13.1. The molecule has 0 nitrogen and oxygen atoms in total. The molecule has 4 unspecified atom stereocenters. The number of fused-ring (bicyclic) bond motifs is 7. The molecule has 0 heteroatoms. The van der Waals surface area contributed by atoms with E-state index in [2.05, 4.69) is 170 Å². The second-order valence-electron chi connectivity index (χ2n) is 16.1. The Morgan fingerprint density at radius 3 is 2.33 bits per heavy atom. The van der Waals surface area contributed by atoms with E-state index < -0.39 is 0 Å². The summed E-state index contributed by atoms with van der Waals surface area (Å²) in [6.07, 6.45) is 39.9. The quantitative estimate of drug-likeness (QED) is 0.200. The molecule has 0 saturated carbocycles. The zero-order chi connectivity index (χ0) is 35.6. The highest BCUT2D eigenvalue weighted by atomic mass is 14.4. The van der Waals surface area contributed by atoms with Crippen LogP contribution in [-0.2, 0) is 19.3 Å². The average molecular weight is 693 g/mol. The summed E-state index contributed by atoms with van der Waals surface area (Å²) in [5.41, 5.74) is 23.1. The first kappa shape index (κ1) is 31.8. The minimum absolute atomic E-state index is 0.251. The molecule has 260 valence electrons. The van der Waals surface area contributed by atoms with Gasteiger partial charge in [0.15, 0.2) is 0 Å². The van der Waals surface area contributed by atoms with Crippen LogP contribution in [0.1, 0.15) is 86.7 Å². The van der Waals surface area contributed by atoms with Crippen molar-refractivity contribution >= 4 is 29.4 Å². The molecule has 0 fully saturated rings. The van der Waals surface area contributed by atoms with E-state index in [-0.39, 0.29) is 11.8 Å². The number of hydrogen-bond acceptors (Lipinski definition) is 0. The van der Waals surface area contributed by atoms with E-state index in [9.17, 15) is 0 Å². The number of benzene rings is 4. The van der Waals surface area contributed by atoms with Crippen molar-refractivity contribution in [3.63, 3.8) is 0 Å². The van der Waals surface area contributed by atoms with Crippen LogP contribution in [-0.4, -0.2) is 0 Å². The molecule has 0 spiro atoms. The maximum absolute atomic E-state index is 2.58. The summed E-state index contributed by atoms with van der Waals surface area (Å²) in [6, 6.07) is 32.8. The van der Waals surface area contributed by atoms with Gasteiger partial charge in [-0.3, -0.25) is 0 Å². The van der Waals surface area contributed by atoms with Crippen LogP contribution in [0.2, 0.25) is 0 Å². The van der Waals surface area contributed by atoms with Crippen LogP contribution in [0.25, 0.3) is 29.4 Å². The Morgan fingerprint density at radius 1 is 0.556 bits per heavy atom. The van der Waals surface area contributed by atoms with Gasteiger partial charge in [-0.05, 0) is 128 Å². The highest BCUT2D eigenvalue weighted by molar-refractivity contribution is 5.92. The predicted molar refractivity (Wildman–Crippen MR) is 228 cm³/mol. The summed E-state index contributed by atoms with van der Waals surface area (Å²) in [5, 5.41) is 0. The van der Waals surface area contributed by atoms with Crippen LogP contribution < -0.4 is 0 Å². The summed E-state index contributed by atoms with van der Waals surface area (Å²) in [4.78, 5) is 0. The molecular formula is C54H44. The molecule has 0 saturated heterocycles. The molecule has 4 aromatic rings. The van der Waals surface area contributed by atoms with E-state index in [1.807, 2.05) is 0 Å². The third kappa shape index (κ3) is 5.26. The molecule has 54 heavy (non-hydrogen) atoms. The van der Waals surface area contributed by atoms with Gasteiger partial charge >= 0.3 is 0 Å². The van der Waals surface area contributed by atoms with Crippen LogP contribution in [0.5, 0.6) is 0 Å². The summed E-state index contributed by atoms with van der Waals surface area (Å²) < 4.78 is 0. The molecule has 11 rings (SSSR count). The molecule has 0 bridgehead atoms. The highest BCUT2D eigenvalue weighted by Gasteiger charge is 2.41. The first-order valence-electron chi connectivity index (χ1n) is 20.1. The second-order valence-corrected chi connectivity index (χ2v) is 16.1. The van der Waals surface area contributed by atoms with Gasteiger partial charge in [0.1, 0.15) is 0 Å². The summed E-state index contributed by atoms with van der Waals surface area (Å²) in [5.74, 6) is 1.31. The van der Waals surface area contributed by atoms with Gasteiger partial charge in [0.25, 0.3) is 0 Å². The Morgan fingerprint density at radius 2 is 1.41 bits per heavy atom. The zero-order valence-corrected chi connectivity index (χ0v) is 30.7. The Hall–Kier alpha value is -5.72. The van der Waals surface area contributed by atoms with Crippen molar-refractivity contribution in [3.05, 3.63) is 230 Å². The van der Waals surface area contributed by atoms with Gasteiger partial charge in [-0.15, -0.1) is 0 Å². The average Bonchev–Trinajstić information content (AvgIpc) is 3.25. The van der Waals surface area contributed by atoms with E-state index in [1.54, 1.807) is 11.1 Å². The summed E-state index contributed by atoms with van der Waals surface area (Å²) >= 11 is 0. The fraction of sp³-hybridized carbons (Fsp3) is 0.185. The Kier molecular flexibility index (Phi) is 7.65. The van der Waals surface area contributed by atoms with Crippen molar-refractivity contribution in [2.24, 2.45) is 11.8 Å². The van der Waals surface area contributed by atoms with Gasteiger partial charge in [0.2, 0.25) is 0 Å². The van der Waals surface area contributed by atoms with E-state index in [4.69, 9.17) is 0 Å². The fourth-order valence-electron chi connectivity index (χ4n) is 10.5. The van der Waals surface area contributed by atoms with E-state index in [0.717, 1.165) is 38.5 Å². The number of rotatable bonds is 4. The maximum Gasteiger partial charge on any atom is 0.0202 e. The topological polar surface area (TPSA) is 0 Å². The minimum atomic E-state index is 0.251. The van der Waals surface area contributed by atoms with Crippen molar-refractivity contribution < 1.29 is 0 Å². The fourth-order valence-corrected chi connectivity index (χ4v) is 10.5. The molecule has 0 amide bonds. The lowest BCUT2D eigenvalue weighted by Crippen LogP contribution is -2.28. The first-order chi connectivity index (χ1) is 26.8. The van der Waals surface area contributed by atoms with E-state index in [0.29, 0.717) is 11.8 Å². The lowest BCUT2D eigenvalue weighted by atomic mass is 9.61. The Bertz CT molecular complexity index is 2540. The molecule has 0 N–H and O–H groups in total. The van der Waals surface area contributed by atoms with Crippen molar-refractivity contribution in [2.45, 2.75) is 50.4 Å². The normalized spacial score (nSPS) is 24.2. The number of aryl methyl sites for hydroxylation is 1. The lowest BCUT2D eigenvalue weighted by molar-refractivity contribution is 0.616. The van der Waals surface area contributed by atoms with Crippen molar-refractivity contribution in [3.8, 4) is 0 Å². The van der Waals surface area contributed by atoms with Gasteiger partial charge < -0.3 is 0 Å². The molecule has 4 aromatic carbocycles. The van der Waals surface area contributed by atoms with E-state index in [1.165, 1.54) is 77.9 Å². The Balaban J connectivity index is 1.00. The van der Waals surface area contributed by atoms with Crippen LogP contribution in [0.15, 0.2) is 174 Å². The van der Waals surface area contributed by atoms with Crippen LogP contribution in [0, 0.1) is 11.8 Å². The second kappa shape index (κ2) is 13.0. The smallest absolute Gasteiger partial charge is 0.0202 e. The van der Waals surface area contributed by atoms with Crippen LogP contribution in [0.3, 0.4) is 0 Å². The van der Waals surface area contributed by atoms with Gasteiger partial charge in [-0.1, -0.05) is 170 Å². The standard InChI is InChI=1S/C54H44/c1-2-13-41-32-43(28-22-35(41)10-1)36-20-26-40(27-21-36)53-49-19-8-7-18-48(49)52(50-31-30-38-12-4-6-17-47(38)54(50)53)45-15-9-14-42(33-45)44-29-25-39-24-23-37-11-3-5-16-46(37)51(39)34-44/h1-4,6-15,17-21,23-27,29,31-33,38,44,49,53H,5,16,22,28,30,34H2. The van der Waals surface area contributed by atoms with E-state index >= 15 is 0 Å². The van der Waals surface area contributed by atoms with Gasteiger partial charge in [-0.25, -0.2) is 0 Å². The van der Waals surface area contributed by atoms with Gasteiger partial charge in [0.05, 0.1) is 0 Å². The Labute approximate surface area is 320 Å². The minimum Gasteiger partial charge on any atom is -0.0836 e. The van der Waals surface area contributed by atoms with Crippen LogP contribution in [0.4, 0.5) is 0 Å². The van der Waals surface area contributed by atoms with Crippen LogP contribution >= 0.6 is 0 Å². The van der Waals surface area contributed by atoms with Crippen molar-refractivity contribution in [1.29, 1.82) is 0 Å². The maximum atomic E-state index is 2.58. The molecule has 7 aliphatic carbocycles. The monoisotopic (exact) mass is 692 g/mol. The zero-order valence-electron chi connectivity index (χ0n) is 30.7. The number of hydrogen-bond donors (Lipinski definition) is 0. The number of allylic oxidation sites excluding steroid dienone is 17. The highest BCUT2D eigenvalue weighted by Crippen LogP contribution is 2.56. The molecule has 0 radical (unpaired) electrons. The lowest BCUT2D eigenvalue weighted by Gasteiger charge is -2.42. The third-order valence-corrected chi connectivity index (χ3v) is 13.2. The van der Waals surface area contributed by atoms with Crippen molar-refractivity contribution in [2.75, 3.05) is 0 Å². The summed E-state index contributed by atoms with van der Waals surface area (Å²) in [6.45, 7) is 0. The third-order valence-electron chi connectivity index (χ3n) is 13.2. The van der Waals surface area contributed by atoms with Gasteiger partial charge in [-0.2, -0.15) is 0 Å². The molecule has 7 aliphatic rings. The molecule has 0 aromatic heterocycles. The molecule has 0 heterocycles. The summed E-state index contributed by atoms with van der Waals surface area (Å²) in [7, 11) is 0. The molecule has 0 aliphatic heterocycles.